The lowest BCUT2D eigenvalue weighted by molar-refractivity contribution is 1.26. The molecule has 0 aliphatic heterocycles. The van der Waals surface area contributed by atoms with Gasteiger partial charge in [0.25, 0.3) is 0 Å². The van der Waals surface area contributed by atoms with Crippen molar-refractivity contribution < 1.29 is 0 Å². The highest BCUT2D eigenvalue weighted by atomic mass is 32.1. The summed E-state index contributed by atoms with van der Waals surface area (Å²) >= 11 is 4.87. The van der Waals surface area contributed by atoms with E-state index in [2.05, 4.69) is 41.0 Å². The summed E-state index contributed by atoms with van der Waals surface area (Å²) in [7, 11) is 1.94. The molecule has 4 N–H and O–H groups in total. The normalized spacial score (nSPS) is 11.6. The van der Waals surface area contributed by atoms with E-state index in [0.717, 1.165) is 17.8 Å². The average molecular weight is 269 g/mol. The van der Waals surface area contributed by atoms with E-state index in [-0.39, 0.29) is 0 Å². The molecule has 0 heterocycles. The predicted molar refractivity (Wildman–Crippen MR) is 84.6 cm³/mol. The van der Waals surface area contributed by atoms with Crippen molar-refractivity contribution in [2.45, 2.75) is 6.42 Å². The van der Waals surface area contributed by atoms with Crippen LogP contribution in [0.2, 0.25) is 0 Å². The molecular formula is C15H15N3S. The minimum Gasteiger partial charge on any atom is -0.388 e. The van der Waals surface area contributed by atoms with Crippen LogP contribution in [0.25, 0.3) is 11.1 Å². The molecule has 3 rings (SSSR count). The molecule has 0 fully saturated rings. The van der Waals surface area contributed by atoms with Crippen molar-refractivity contribution in [2.75, 3.05) is 17.7 Å². The molecule has 0 saturated carbocycles. The molecule has 2 aromatic carbocycles. The molecule has 0 atom stereocenters. The molecule has 0 amide bonds. The van der Waals surface area contributed by atoms with Crippen molar-refractivity contribution in [3.05, 3.63) is 47.5 Å². The van der Waals surface area contributed by atoms with Gasteiger partial charge in [0.1, 0.15) is 0 Å². The zero-order chi connectivity index (χ0) is 13.4. The van der Waals surface area contributed by atoms with Crippen LogP contribution in [0.5, 0.6) is 0 Å². The molecule has 1 aliphatic rings. The van der Waals surface area contributed by atoms with Gasteiger partial charge in [-0.05, 0) is 65.2 Å². The van der Waals surface area contributed by atoms with Crippen LogP contribution in [0.1, 0.15) is 11.1 Å². The van der Waals surface area contributed by atoms with E-state index in [9.17, 15) is 0 Å². The van der Waals surface area contributed by atoms with Crippen LogP contribution in [0.4, 0.5) is 11.4 Å². The van der Waals surface area contributed by atoms with Crippen LogP contribution in [-0.2, 0) is 6.42 Å². The van der Waals surface area contributed by atoms with Gasteiger partial charge in [-0.15, -0.1) is 0 Å². The average Bonchev–Trinajstić information content (AvgIpc) is 2.74. The van der Waals surface area contributed by atoms with Crippen molar-refractivity contribution in [1.82, 2.24) is 0 Å². The van der Waals surface area contributed by atoms with Crippen LogP contribution in [0.15, 0.2) is 36.4 Å². The lowest BCUT2D eigenvalue weighted by atomic mass is 10.1. The molecule has 19 heavy (non-hydrogen) atoms. The number of thiocarbonyl (C=S) groups is 1. The van der Waals surface area contributed by atoms with E-state index < -0.39 is 0 Å². The highest BCUT2D eigenvalue weighted by Gasteiger charge is 2.18. The Morgan fingerprint density at radius 3 is 2.21 bits per heavy atom. The molecule has 0 bridgehead atoms. The number of fused-ring (bicyclic) bond motifs is 3. The molecule has 0 saturated heterocycles. The minimum absolute atomic E-state index is 0.299. The van der Waals surface area contributed by atoms with Gasteiger partial charge in [0.2, 0.25) is 0 Å². The number of nitrogens with one attached hydrogen (secondary N) is 2. The molecule has 0 unspecified atom stereocenters. The molecular weight excluding hydrogens is 254 g/mol. The van der Waals surface area contributed by atoms with E-state index in [1.165, 1.54) is 22.3 Å². The number of nitrogens with two attached hydrogens (primary N) is 1. The molecule has 2 aromatic rings. The Labute approximate surface area is 117 Å². The Hall–Kier alpha value is -2.07. The van der Waals surface area contributed by atoms with Gasteiger partial charge in [0.15, 0.2) is 5.11 Å². The summed E-state index contributed by atoms with van der Waals surface area (Å²) in [6.45, 7) is 0. The Bertz CT molecular complexity index is 664. The fourth-order valence-corrected chi connectivity index (χ4v) is 2.70. The summed E-state index contributed by atoms with van der Waals surface area (Å²) in [6, 6.07) is 12.7. The Morgan fingerprint density at radius 2 is 1.63 bits per heavy atom. The van der Waals surface area contributed by atoms with Crippen molar-refractivity contribution in [3.8, 4) is 11.1 Å². The summed E-state index contributed by atoms with van der Waals surface area (Å²) in [6.07, 6.45) is 0.951. The topological polar surface area (TPSA) is 50.1 Å². The third-order valence-electron chi connectivity index (χ3n) is 3.44. The molecule has 1 aliphatic carbocycles. The molecule has 0 aromatic heterocycles. The maximum absolute atomic E-state index is 5.50. The first-order valence-corrected chi connectivity index (χ1v) is 6.58. The van der Waals surface area contributed by atoms with Gasteiger partial charge >= 0.3 is 0 Å². The van der Waals surface area contributed by atoms with Gasteiger partial charge in [0, 0.05) is 18.4 Å². The first-order valence-electron chi connectivity index (χ1n) is 6.18. The van der Waals surface area contributed by atoms with Gasteiger partial charge < -0.3 is 16.4 Å². The maximum Gasteiger partial charge on any atom is 0.168 e. The van der Waals surface area contributed by atoms with Crippen LogP contribution in [0.3, 0.4) is 0 Å². The first kappa shape index (κ1) is 12.0. The van der Waals surface area contributed by atoms with Gasteiger partial charge in [-0.1, -0.05) is 12.1 Å². The summed E-state index contributed by atoms with van der Waals surface area (Å²) in [5.41, 5.74) is 12.9. The monoisotopic (exact) mass is 269 g/mol. The highest BCUT2D eigenvalue weighted by Crippen LogP contribution is 2.38. The van der Waals surface area contributed by atoms with E-state index in [0.29, 0.717) is 5.11 Å². The molecule has 4 heteroatoms. The van der Waals surface area contributed by atoms with Crippen molar-refractivity contribution in [1.29, 1.82) is 0 Å². The van der Waals surface area contributed by atoms with E-state index in [1.807, 2.05) is 13.1 Å². The fraction of sp³-hybridized carbons (Fsp3) is 0.133. The van der Waals surface area contributed by atoms with Crippen LogP contribution in [0, 0.1) is 0 Å². The molecule has 3 nitrogen and oxygen atoms in total. The third-order valence-corrected chi connectivity index (χ3v) is 3.54. The maximum atomic E-state index is 5.50. The second-order valence-corrected chi connectivity index (χ2v) is 5.10. The zero-order valence-electron chi connectivity index (χ0n) is 10.7. The van der Waals surface area contributed by atoms with Crippen molar-refractivity contribution in [3.63, 3.8) is 0 Å². The summed E-state index contributed by atoms with van der Waals surface area (Å²) in [5, 5.41) is 6.45. The Morgan fingerprint density at radius 1 is 1.05 bits per heavy atom. The number of benzene rings is 2. The fourth-order valence-electron chi connectivity index (χ4n) is 2.59. The van der Waals surface area contributed by atoms with Crippen molar-refractivity contribution in [2.24, 2.45) is 5.73 Å². The number of anilines is 2. The summed E-state index contributed by atoms with van der Waals surface area (Å²) < 4.78 is 0. The smallest absolute Gasteiger partial charge is 0.168 e. The van der Waals surface area contributed by atoms with Gasteiger partial charge in [-0.2, -0.15) is 0 Å². The van der Waals surface area contributed by atoms with Gasteiger partial charge in [-0.25, -0.2) is 0 Å². The quantitative estimate of drug-likeness (QED) is 0.626. The number of hydrogen-bond acceptors (Lipinski definition) is 2. The Balaban J connectivity index is 2.00. The van der Waals surface area contributed by atoms with Crippen molar-refractivity contribution >= 4 is 28.7 Å². The second-order valence-electron chi connectivity index (χ2n) is 4.66. The highest BCUT2D eigenvalue weighted by molar-refractivity contribution is 7.80. The summed E-state index contributed by atoms with van der Waals surface area (Å²) in [5.74, 6) is 0. The van der Waals surface area contributed by atoms with Crippen LogP contribution < -0.4 is 16.4 Å². The summed E-state index contributed by atoms with van der Waals surface area (Å²) in [4.78, 5) is 0. The van der Waals surface area contributed by atoms with E-state index >= 15 is 0 Å². The molecule has 0 radical (unpaired) electrons. The first-order chi connectivity index (χ1) is 9.17. The standard InChI is InChI=1S/C15H15N3S/c1-17-11-2-4-13-9(7-11)6-10-8-12(18-15(16)19)3-5-14(10)13/h2-5,7-8,17H,6H2,1H3,(H3,16,18,19). The molecule has 96 valence electrons. The minimum atomic E-state index is 0.299. The zero-order valence-corrected chi connectivity index (χ0v) is 11.5. The SMILES string of the molecule is CNc1ccc2c(c1)Cc1cc(NC(N)=S)ccc1-2. The van der Waals surface area contributed by atoms with E-state index in [4.69, 9.17) is 18.0 Å². The lowest BCUT2D eigenvalue weighted by Crippen LogP contribution is -2.18. The largest absolute Gasteiger partial charge is 0.388 e. The van der Waals surface area contributed by atoms with Gasteiger partial charge in [0.05, 0.1) is 0 Å². The number of rotatable bonds is 2. The van der Waals surface area contributed by atoms with E-state index in [1.54, 1.807) is 0 Å². The third kappa shape index (κ3) is 2.15. The number of hydrogen-bond donors (Lipinski definition) is 3. The van der Waals surface area contributed by atoms with Crippen LogP contribution >= 0.6 is 12.2 Å². The second kappa shape index (κ2) is 4.55. The van der Waals surface area contributed by atoms with Crippen LogP contribution in [-0.4, -0.2) is 12.2 Å². The van der Waals surface area contributed by atoms with Gasteiger partial charge in [-0.3, -0.25) is 0 Å². The predicted octanol–water partition coefficient (Wildman–Crippen LogP) is 2.96. The Kier molecular flexibility index (Phi) is 2.87. The molecule has 0 spiro atoms. The lowest BCUT2D eigenvalue weighted by Gasteiger charge is -2.06.